The van der Waals surface area contributed by atoms with Crippen molar-refractivity contribution < 1.29 is 22.8 Å². The summed E-state index contributed by atoms with van der Waals surface area (Å²) in [6.07, 6.45) is -6.08. The van der Waals surface area contributed by atoms with Gasteiger partial charge in [-0.3, -0.25) is 9.59 Å². The molecule has 0 aliphatic rings. The number of ketones is 2. The molecule has 0 heterocycles. The second kappa shape index (κ2) is 4.47. The number of carbonyl (C=O) groups excluding carboxylic acids is 2. The van der Waals surface area contributed by atoms with Gasteiger partial charge in [0.05, 0.1) is 6.42 Å². The molecule has 0 amide bonds. The molecule has 5 heteroatoms. The van der Waals surface area contributed by atoms with Gasteiger partial charge < -0.3 is 0 Å². The quantitative estimate of drug-likeness (QED) is 0.591. The van der Waals surface area contributed by atoms with E-state index in [-0.39, 0.29) is 5.56 Å². The molecule has 1 aromatic rings. The van der Waals surface area contributed by atoms with Crippen LogP contribution in [-0.4, -0.2) is 17.7 Å². The molecule has 0 N–H and O–H groups in total. The molecule has 0 aliphatic carbocycles. The molecular weight excluding hydrogens is 221 g/mol. The third-order valence-corrected chi connectivity index (χ3v) is 2.08. The lowest BCUT2D eigenvalue weighted by Crippen LogP contribution is -2.25. The van der Waals surface area contributed by atoms with Gasteiger partial charge in [0, 0.05) is 5.56 Å². The van der Waals surface area contributed by atoms with Gasteiger partial charge in [-0.2, -0.15) is 13.2 Å². The van der Waals surface area contributed by atoms with Crippen molar-refractivity contribution in [2.45, 2.75) is 19.5 Å². The zero-order chi connectivity index (χ0) is 12.3. The molecule has 0 atom stereocenters. The molecule has 0 bridgehead atoms. The Hall–Kier alpha value is -1.65. The summed E-state index contributed by atoms with van der Waals surface area (Å²) < 4.78 is 35.8. The van der Waals surface area contributed by atoms with Crippen molar-refractivity contribution in [2.24, 2.45) is 0 Å². The van der Waals surface area contributed by atoms with E-state index in [2.05, 4.69) is 0 Å². The van der Waals surface area contributed by atoms with Crippen LogP contribution in [0.15, 0.2) is 24.3 Å². The smallest absolute Gasteiger partial charge is 0.294 e. The largest absolute Gasteiger partial charge is 0.450 e. The van der Waals surface area contributed by atoms with Gasteiger partial charge in [0.1, 0.15) is 0 Å². The van der Waals surface area contributed by atoms with Crippen molar-refractivity contribution in [3.8, 4) is 0 Å². The standard InChI is InChI=1S/C11H9F3O2/c1-7-4-2-3-5-8(7)9(15)6-10(16)11(12,13)14/h2-5H,6H2,1H3. The number of carbonyl (C=O) groups is 2. The van der Waals surface area contributed by atoms with E-state index in [1.165, 1.54) is 12.1 Å². The van der Waals surface area contributed by atoms with Gasteiger partial charge in [-0.25, -0.2) is 0 Å². The Kier molecular flexibility index (Phi) is 3.47. The monoisotopic (exact) mass is 230 g/mol. The van der Waals surface area contributed by atoms with Crippen LogP contribution >= 0.6 is 0 Å². The Morgan fingerprint density at radius 1 is 1.19 bits per heavy atom. The summed E-state index contributed by atoms with van der Waals surface area (Å²) in [7, 11) is 0. The van der Waals surface area contributed by atoms with E-state index in [1.807, 2.05) is 0 Å². The van der Waals surface area contributed by atoms with E-state index < -0.39 is 24.2 Å². The van der Waals surface area contributed by atoms with Crippen LogP contribution in [-0.2, 0) is 4.79 Å². The Balaban J connectivity index is 2.82. The third kappa shape index (κ3) is 2.92. The van der Waals surface area contributed by atoms with Crippen LogP contribution in [0.25, 0.3) is 0 Å². The van der Waals surface area contributed by atoms with E-state index in [9.17, 15) is 22.8 Å². The molecular formula is C11H9F3O2. The topological polar surface area (TPSA) is 34.1 Å². The predicted octanol–water partition coefficient (Wildman–Crippen LogP) is 2.70. The number of aryl methyl sites for hydroxylation is 1. The van der Waals surface area contributed by atoms with Crippen LogP contribution in [0.2, 0.25) is 0 Å². The Morgan fingerprint density at radius 3 is 2.25 bits per heavy atom. The van der Waals surface area contributed by atoms with Crippen molar-refractivity contribution in [2.75, 3.05) is 0 Å². The molecule has 0 spiro atoms. The highest BCUT2D eigenvalue weighted by atomic mass is 19.4. The summed E-state index contributed by atoms with van der Waals surface area (Å²) >= 11 is 0. The van der Waals surface area contributed by atoms with Gasteiger partial charge in [0.2, 0.25) is 5.78 Å². The average Bonchev–Trinajstić information content (AvgIpc) is 2.16. The fourth-order valence-electron chi connectivity index (χ4n) is 1.23. The number of benzene rings is 1. The minimum atomic E-state index is -4.95. The third-order valence-electron chi connectivity index (χ3n) is 2.08. The van der Waals surface area contributed by atoms with Crippen molar-refractivity contribution >= 4 is 11.6 Å². The van der Waals surface area contributed by atoms with Crippen LogP contribution in [0.4, 0.5) is 13.2 Å². The minimum Gasteiger partial charge on any atom is -0.294 e. The first kappa shape index (κ1) is 12.4. The number of halogens is 3. The molecule has 0 aliphatic heterocycles. The molecule has 86 valence electrons. The Labute approximate surface area is 90.1 Å². The van der Waals surface area contributed by atoms with Gasteiger partial charge in [-0.1, -0.05) is 24.3 Å². The minimum absolute atomic E-state index is 0.153. The molecule has 2 nitrogen and oxygen atoms in total. The summed E-state index contributed by atoms with van der Waals surface area (Å²) in [6.45, 7) is 1.60. The van der Waals surface area contributed by atoms with Crippen LogP contribution in [0, 0.1) is 6.92 Å². The van der Waals surface area contributed by atoms with Crippen molar-refractivity contribution in [1.82, 2.24) is 0 Å². The average molecular weight is 230 g/mol. The first-order valence-corrected chi connectivity index (χ1v) is 4.51. The molecule has 16 heavy (non-hydrogen) atoms. The fraction of sp³-hybridized carbons (Fsp3) is 0.273. The van der Waals surface area contributed by atoms with Gasteiger partial charge in [-0.05, 0) is 12.5 Å². The molecule has 0 aromatic heterocycles. The highest BCUT2D eigenvalue weighted by molar-refractivity contribution is 6.10. The van der Waals surface area contributed by atoms with E-state index in [0.29, 0.717) is 5.56 Å². The number of rotatable bonds is 3. The molecule has 0 saturated carbocycles. The zero-order valence-electron chi connectivity index (χ0n) is 8.47. The summed E-state index contributed by atoms with van der Waals surface area (Å²) in [4.78, 5) is 22.0. The molecule has 0 radical (unpaired) electrons. The molecule has 1 aromatic carbocycles. The fourth-order valence-corrected chi connectivity index (χ4v) is 1.23. The predicted molar refractivity (Wildman–Crippen MR) is 51.2 cm³/mol. The van der Waals surface area contributed by atoms with E-state index in [0.717, 1.165) is 0 Å². The van der Waals surface area contributed by atoms with E-state index >= 15 is 0 Å². The number of alkyl halides is 3. The lowest BCUT2D eigenvalue weighted by molar-refractivity contribution is -0.170. The molecule has 0 unspecified atom stereocenters. The van der Waals surface area contributed by atoms with E-state index in [1.54, 1.807) is 19.1 Å². The summed E-state index contributed by atoms with van der Waals surface area (Å²) in [5.74, 6) is -2.82. The van der Waals surface area contributed by atoms with Crippen molar-refractivity contribution in [3.05, 3.63) is 35.4 Å². The second-order valence-corrected chi connectivity index (χ2v) is 3.34. The maximum Gasteiger partial charge on any atom is 0.450 e. The van der Waals surface area contributed by atoms with Gasteiger partial charge in [-0.15, -0.1) is 0 Å². The van der Waals surface area contributed by atoms with Crippen molar-refractivity contribution in [1.29, 1.82) is 0 Å². The highest BCUT2D eigenvalue weighted by Gasteiger charge is 2.39. The first-order valence-electron chi connectivity index (χ1n) is 4.51. The Morgan fingerprint density at radius 2 is 1.75 bits per heavy atom. The van der Waals surface area contributed by atoms with Gasteiger partial charge >= 0.3 is 6.18 Å². The number of hydrogen-bond acceptors (Lipinski definition) is 2. The zero-order valence-corrected chi connectivity index (χ0v) is 8.47. The lowest BCUT2D eigenvalue weighted by atomic mass is 10.0. The van der Waals surface area contributed by atoms with Crippen molar-refractivity contribution in [3.63, 3.8) is 0 Å². The molecule has 0 saturated heterocycles. The molecule has 0 fully saturated rings. The van der Waals surface area contributed by atoms with Gasteiger partial charge in [0.25, 0.3) is 0 Å². The van der Waals surface area contributed by atoms with Crippen LogP contribution in [0.5, 0.6) is 0 Å². The van der Waals surface area contributed by atoms with E-state index in [4.69, 9.17) is 0 Å². The Bertz CT molecular complexity index is 421. The van der Waals surface area contributed by atoms with Gasteiger partial charge in [0.15, 0.2) is 5.78 Å². The lowest BCUT2D eigenvalue weighted by Gasteiger charge is -2.06. The highest BCUT2D eigenvalue weighted by Crippen LogP contribution is 2.20. The maximum atomic E-state index is 11.9. The van der Waals surface area contributed by atoms with Crippen LogP contribution < -0.4 is 0 Å². The summed E-state index contributed by atoms with van der Waals surface area (Å²) in [6, 6.07) is 6.21. The summed E-state index contributed by atoms with van der Waals surface area (Å²) in [5, 5.41) is 0. The summed E-state index contributed by atoms with van der Waals surface area (Å²) in [5.41, 5.74) is 0.711. The van der Waals surface area contributed by atoms with Crippen LogP contribution in [0.3, 0.4) is 0 Å². The first-order chi connectivity index (χ1) is 7.32. The maximum absolute atomic E-state index is 11.9. The normalized spacial score (nSPS) is 11.2. The number of hydrogen-bond donors (Lipinski definition) is 0. The van der Waals surface area contributed by atoms with Crippen LogP contribution in [0.1, 0.15) is 22.3 Å². The molecule has 1 rings (SSSR count). The number of Topliss-reactive ketones (excluding diaryl/α,β-unsaturated/α-hetero) is 2. The SMILES string of the molecule is Cc1ccccc1C(=O)CC(=O)C(F)(F)F. The second-order valence-electron chi connectivity index (χ2n) is 3.34.